The first kappa shape index (κ1) is 15.3. The highest BCUT2D eigenvalue weighted by Gasteiger charge is 2.28. The van der Waals surface area contributed by atoms with Crippen LogP contribution in [0.4, 0.5) is 5.69 Å². The van der Waals surface area contributed by atoms with E-state index in [4.69, 9.17) is 10.5 Å². The lowest BCUT2D eigenvalue weighted by atomic mass is 9.87. The molecular formula is C15H24N2O2. The summed E-state index contributed by atoms with van der Waals surface area (Å²) < 4.78 is 5.15. The predicted octanol–water partition coefficient (Wildman–Crippen LogP) is 2.78. The van der Waals surface area contributed by atoms with Gasteiger partial charge in [0.2, 0.25) is 0 Å². The summed E-state index contributed by atoms with van der Waals surface area (Å²) >= 11 is 0. The lowest BCUT2D eigenvalue weighted by molar-refractivity contribution is 0.0630. The van der Waals surface area contributed by atoms with Crippen LogP contribution in [0, 0.1) is 5.41 Å². The van der Waals surface area contributed by atoms with Crippen LogP contribution in [-0.4, -0.2) is 31.0 Å². The van der Waals surface area contributed by atoms with E-state index in [-0.39, 0.29) is 17.4 Å². The summed E-state index contributed by atoms with van der Waals surface area (Å²) in [5.74, 6) is 0.446. The van der Waals surface area contributed by atoms with E-state index in [9.17, 15) is 4.79 Å². The molecule has 0 aromatic heterocycles. The average molecular weight is 264 g/mol. The molecule has 0 spiro atoms. The third-order valence-corrected chi connectivity index (χ3v) is 3.67. The van der Waals surface area contributed by atoms with E-state index in [0.717, 1.165) is 0 Å². The van der Waals surface area contributed by atoms with Crippen molar-refractivity contribution in [3.8, 4) is 5.75 Å². The van der Waals surface area contributed by atoms with E-state index in [0.29, 0.717) is 17.0 Å². The Morgan fingerprint density at radius 3 is 2.42 bits per heavy atom. The normalized spacial score (nSPS) is 12.9. The van der Waals surface area contributed by atoms with Crippen molar-refractivity contribution in [1.82, 2.24) is 4.90 Å². The minimum atomic E-state index is -0.0844. The number of hydrogen-bond acceptors (Lipinski definition) is 3. The van der Waals surface area contributed by atoms with Crippen LogP contribution in [-0.2, 0) is 0 Å². The zero-order chi connectivity index (χ0) is 14.8. The van der Waals surface area contributed by atoms with Crippen LogP contribution in [0.15, 0.2) is 18.2 Å². The average Bonchev–Trinajstić information content (AvgIpc) is 2.35. The molecule has 0 saturated heterocycles. The summed E-state index contributed by atoms with van der Waals surface area (Å²) in [4.78, 5) is 14.2. The highest BCUT2D eigenvalue weighted by Crippen LogP contribution is 2.28. The third-order valence-electron chi connectivity index (χ3n) is 3.67. The molecule has 0 aliphatic carbocycles. The Labute approximate surface area is 115 Å². The Bertz CT molecular complexity index is 464. The van der Waals surface area contributed by atoms with Crippen LogP contribution < -0.4 is 10.5 Å². The van der Waals surface area contributed by atoms with Gasteiger partial charge in [-0.05, 0) is 24.5 Å². The molecule has 19 heavy (non-hydrogen) atoms. The first-order valence-corrected chi connectivity index (χ1v) is 6.39. The maximum atomic E-state index is 12.5. The van der Waals surface area contributed by atoms with E-state index in [1.165, 1.54) is 0 Å². The number of para-hydroxylation sites is 1. The fourth-order valence-corrected chi connectivity index (χ4v) is 1.86. The van der Waals surface area contributed by atoms with E-state index in [1.807, 2.05) is 6.92 Å². The van der Waals surface area contributed by atoms with Gasteiger partial charge in [0, 0.05) is 13.1 Å². The summed E-state index contributed by atoms with van der Waals surface area (Å²) in [5, 5.41) is 0. The molecule has 1 amide bonds. The van der Waals surface area contributed by atoms with Crippen LogP contribution in [0.1, 0.15) is 38.1 Å². The van der Waals surface area contributed by atoms with Gasteiger partial charge in [-0.2, -0.15) is 0 Å². The second-order valence-corrected chi connectivity index (χ2v) is 5.88. The summed E-state index contributed by atoms with van der Waals surface area (Å²) in [6.45, 7) is 8.36. The van der Waals surface area contributed by atoms with Crippen molar-refractivity contribution in [2.45, 2.75) is 33.7 Å². The molecule has 0 saturated carbocycles. The van der Waals surface area contributed by atoms with E-state index in [1.54, 1.807) is 37.3 Å². The van der Waals surface area contributed by atoms with Gasteiger partial charge in [-0.3, -0.25) is 4.79 Å². The number of carbonyl (C=O) groups is 1. The molecular weight excluding hydrogens is 240 g/mol. The van der Waals surface area contributed by atoms with E-state index in [2.05, 4.69) is 20.8 Å². The highest BCUT2D eigenvalue weighted by molar-refractivity contribution is 6.00. The standard InChI is InChI=1S/C15H24N2O2/c1-10(15(2,3)4)17(5)14(18)11-8-7-9-12(19-6)13(11)16/h7-10H,16H2,1-6H3. The van der Waals surface area contributed by atoms with Gasteiger partial charge in [-0.1, -0.05) is 26.8 Å². The number of anilines is 1. The van der Waals surface area contributed by atoms with Gasteiger partial charge in [0.15, 0.2) is 0 Å². The second-order valence-electron chi connectivity index (χ2n) is 5.88. The van der Waals surface area contributed by atoms with Crippen LogP contribution in [0.3, 0.4) is 0 Å². The van der Waals surface area contributed by atoms with Crippen LogP contribution in [0.2, 0.25) is 0 Å². The van der Waals surface area contributed by atoms with Crippen molar-refractivity contribution in [1.29, 1.82) is 0 Å². The van der Waals surface area contributed by atoms with E-state index >= 15 is 0 Å². The van der Waals surface area contributed by atoms with Gasteiger partial charge in [0.1, 0.15) is 5.75 Å². The molecule has 0 heterocycles. The molecule has 0 radical (unpaired) electrons. The maximum Gasteiger partial charge on any atom is 0.256 e. The third kappa shape index (κ3) is 3.19. The lowest BCUT2D eigenvalue weighted by Gasteiger charge is -2.35. The predicted molar refractivity (Wildman–Crippen MR) is 78.4 cm³/mol. The molecule has 0 bridgehead atoms. The van der Waals surface area contributed by atoms with Gasteiger partial charge in [0.05, 0.1) is 18.4 Å². The monoisotopic (exact) mass is 264 g/mol. The van der Waals surface area contributed by atoms with Gasteiger partial charge >= 0.3 is 0 Å². The Morgan fingerprint density at radius 1 is 1.37 bits per heavy atom. The zero-order valence-corrected chi connectivity index (χ0v) is 12.7. The molecule has 0 aliphatic heterocycles. The highest BCUT2D eigenvalue weighted by atomic mass is 16.5. The minimum Gasteiger partial charge on any atom is -0.495 e. The fourth-order valence-electron chi connectivity index (χ4n) is 1.86. The molecule has 4 heteroatoms. The van der Waals surface area contributed by atoms with Gasteiger partial charge in [-0.15, -0.1) is 0 Å². The molecule has 1 rings (SSSR count). The first-order chi connectivity index (χ1) is 8.70. The Balaban J connectivity index is 3.08. The first-order valence-electron chi connectivity index (χ1n) is 6.39. The largest absolute Gasteiger partial charge is 0.495 e. The number of rotatable bonds is 3. The van der Waals surface area contributed by atoms with Crippen molar-refractivity contribution in [3.63, 3.8) is 0 Å². The number of nitrogens with two attached hydrogens (primary N) is 1. The van der Waals surface area contributed by atoms with Gasteiger partial charge < -0.3 is 15.4 Å². The van der Waals surface area contributed by atoms with Crippen LogP contribution >= 0.6 is 0 Å². The topological polar surface area (TPSA) is 55.6 Å². The molecule has 2 N–H and O–H groups in total. The van der Waals surface area contributed by atoms with Crippen LogP contribution in [0.25, 0.3) is 0 Å². The number of benzene rings is 1. The van der Waals surface area contributed by atoms with Crippen molar-refractivity contribution >= 4 is 11.6 Å². The zero-order valence-electron chi connectivity index (χ0n) is 12.7. The van der Waals surface area contributed by atoms with Gasteiger partial charge in [-0.25, -0.2) is 0 Å². The Hall–Kier alpha value is -1.71. The summed E-state index contributed by atoms with van der Waals surface area (Å²) in [6, 6.07) is 5.36. The lowest BCUT2D eigenvalue weighted by Crippen LogP contribution is -2.43. The number of amides is 1. The molecule has 1 unspecified atom stereocenters. The van der Waals surface area contributed by atoms with E-state index < -0.39 is 0 Å². The van der Waals surface area contributed by atoms with Crippen molar-refractivity contribution < 1.29 is 9.53 Å². The number of methoxy groups -OCH3 is 1. The fraction of sp³-hybridized carbons (Fsp3) is 0.533. The molecule has 4 nitrogen and oxygen atoms in total. The number of nitrogen functional groups attached to an aromatic ring is 1. The Kier molecular flexibility index (Phi) is 4.45. The summed E-state index contributed by atoms with van der Waals surface area (Å²) in [6.07, 6.45) is 0. The smallest absolute Gasteiger partial charge is 0.256 e. The molecule has 1 aromatic rings. The minimum absolute atomic E-state index is 0.0119. The summed E-state index contributed by atoms with van der Waals surface area (Å²) in [5.41, 5.74) is 6.86. The number of hydrogen-bond donors (Lipinski definition) is 1. The van der Waals surface area contributed by atoms with Gasteiger partial charge in [0.25, 0.3) is 5.91 Å². The molecule has 1 aromatic carbocycles. The van der Waals surface area contributed by atoms with Crippen molar-refractivity contribution in [2.24, 2.45) is 5.41 Å². The number of nitrogens with zero attached hydrogens (tertiary/aromatic N) is 1. The molecule has 106 valence electrons. The molecule has 0 fully saturated rings. The second kappa shape index (κ2) is 5.51. The molecule has 1 atom stereocenters. The summed E-state index contributed by atoms with van der Waals surface area (Å²) in [7, 11) is 3.35. The maximum absolute atomic E-state index is 12.5. The van der Waals surface area contributed by atoms with Crippen molar-refractivity contribution in [2.75, 3.05) is 19.9 Å². The Morgan fingerprint density at radius 2 is 1.95 bits per heavy atom. The SMILES string of the molecule is COc1cccc(C(=O)N(C)C(C)C(C)(C)C)c1N. The number of ether oxygens (including phenoxy) is 1. The number of carbonyl (C=O) groups excluding carboxylic acids is 1. The molecule has 0 aliphatic rings. The van der Waals surface area contributed by atoms with Crippen molar-refractivity contribution in [3.05, 3.63) is 23.8 Å². The quantitative estimate of drug-likeness (QED) is 0.854. The van der Waals surface area contributed by atoms with Crippen LogP contribution in [0.5, 0.6) is 5.75 Å².